The van der Waals surface area contributed by atoms with Crippen LogP contribution in [0.25, 0.3) is 0 Å². The maximum Gasteiger partial charge on any atom is 0.317 e. The van der Waals surface area contributed by atoms with Gasteiger partial charge in [0.15, 0.2) is 0 Å². The molecule has 4 rings (SSSR count). The van der Waals surface area contributed by atoms with Gasteiger partial charge in [-0.15, -0.1) is 0 Å². The highest BCUT2D eigenvalue weighted by molar-refractivity contribution is 7.07. The molecule has 0 aromatic carbocycles. The van der Waals surface area contributed by atoms with Crippen molar-refractivity contribution in [2.24, 2.45) is 5.41 Å². The Balaban J connectivity index is 1.27. The molecule has 2 aliphatic heterocycles. The summed E-state index contributed by atoms with van der Waals surface area (Å²) in [4.78, 5) is 28.6. The molecule has 3 aliphatic rings. The third-order valence-corrected chi connectivity index (χ3v) is 7.14. The summed E-state index contributed by atoms with van der Waals surface area (Å²) in [5, 5.41) is 7.20. The van der Waals surface area contributed by atoms with Gasteiger partial charge in [-0.05, 0) is 59.9 Å². The third kappa shape index (κ3) is 4.14. The highest BCUT2D eigenvalue weighted by Gasteiger charge is 2.58. The van der Waals surface area contributed by atoms with Gasteiger partial charge in [0.1, 0.15) is 0 Å². The molecular formula is C20H29N3O3S. The minimum atomic E-state index is 0.0271. The predicted molar refractivity (Wildman–Crippen MR) is 105 cm³/mol. The van der Waals surface area contributed by atoms with Crippen LogP contribution >= 0.6 is 11.3 Å². The Morgan fingerprint density at radius 2 is 2.22 bits per heavy atom. The molecule has 1 aromatic heterocycles. The van der Waals surface area contributed by atoms with Gasteiger partial charge in [-0.3, -0.25) is 4.79 Å². The maximum atomic E-state index is 12.4. The molecule has 1 spiro atoms. The van der Waals surface area contributed by atoms with Crippen LogP contribution in [0.3, 0.4) is 0 Å². The zero-order valence-electron chi connectivity index (χ0n) is 16.0. The number of ether oxygens (including phenoxy) is 1. The molecule has 6 nitrogen and oxygen atoms in total. The zero-order valence-corrected chi connectivity index (χ0v) is 16.8. The van der Waals surface area contributed by atoms with Crippen LogP contribution < -0.4 is 5.32 Å². The van der Waals surface area contributed by atoms with E-state index in [9.17, 15) is 9.59 Å². The fraction of sp³-hybridized carbons (Fsp3) is 0.700. The molecule has 3 amide bonds. The Morgan fingerprint density at radius 1 is 1.41 bits per heavy atom. The van der Waals surface area contributed by atoms with Gasteiger partial charge in [0.2, 0.25) is 5.91 Å². The molecular weight excluding hydrogens is 362 g/mol. The summed E-state index contributed by atoms with van der Waals surface area (Å²) >= 11 is 1.67. The summed E-state index contributed by atoms with van der Waals surface area (Å²) < 4.78 is 5.57. The van der Waals surface area contributed by atoms with Crippen LogP contribution in [0.15, 0.2) is 16.8 Å². The number of hydrogen-bond acceptors (Lipinski definition) is 4. The lowest BCUT2D eigenvalue weighted by Crippen LogP contribution is -2.47. The molecule has 0 unspecified atom stereocenters. The molecule has 1 saturated carbocycles. The normalized spacial score (nSPS) is 26.2. The van der Waals surface area contributed by atoms with Crippen molar-refractivity contribution in [1.82, 2.24) is 15.1 Å². The summed E-state index contributed by atoms with van der Waals surface area (Å²) in [6.45, 7) is 5.35. The standard InChI is InChI=1S/C20H29N3O3S/c1-15(24)23(13-16-4-10-27-14-16)18-11-20(18)5-7-22(8-6-20)19(25)21-12-17-3-2-9-26-17/h4,10,14,17-18H,2-3,5-9,11-13H2,1H3,(H,21,25)/t17-,18-/m0/s1. The molecule has 2 saturated heterocycles. The molecule has 7 heteroatoms. The van der Waals surface area contributed by atoms with Crippen LogP contribution in [0, 0.1) is 5.41 Å². The second-order valence-corrected chi connectivity index (χ2v) is 8.95. The molecule has 1 aliphatic carbocycles. The van der Waals surface area contributed by atoms with Crippen LogP contribution in [0.2, 0.25) is 0 Å². The van der Waals surface area contributed by atoms with E-state index in [0.29, 0.717) is 19.1 Å². The Labute approximate surface area is 164 Å². The third-order valence-electron chi connectivity index (χ3n) is 6.41. The average Bonchev–Trinajstić information content (AvgIpc) is 3.08. The largest absolute Gasteiger partial charge is 0.376 e. The summed E-state index contributed by atoms with van der Waals surface area (Å²) in [6, 6.07) is 2.45. The van der Waals surface area contributed by atoms with Gasteiger partial charge in [-0.1, -0.05) is 0 Å². The molecule has 0 bridgehead atoms. The number of urea groups is 1. The number of carbonyl (C=O) groups is 2. The van der Waals surface area contributed by atoms with E-state index in [4.69, 9.17) is 4.74 Å². The quantitative estimate of drug-likeness (QED) is 0.840. The number of rotatable bonds is 5. The summed E-state index contributed by atoms with van der Waals surface area (Å²) in [6.07, 6.45) is 5.35. The molecule has 3 fully saturated rings. The molecule has 0 radical (unpaired) electrons. The number of carbonyl (C=O) groups excluding carboxylic acids is 2. The van der Waals surface area contributed by atoms with Gasteiger partial charge < -0.3 is 19.9 Å². The number of nitrogens with zero attached hydrogens (tertiary/aromatic N) is 2. The first-order chi connectivity index (χ1) is 13.1. The van der Waals surface area contributed by atoms with Crippen molar-refractivity contribution in [1.29, 1.82) is 0 Å². The molecule has 1 N–H and O–H groups in total. The number of likely N-dealkylation sites (tertiary alicyclic amines) is 1. The Morgan fingerprint density at radius 3 is 2.85 bits per heavy atom. The fourth-order valence-corrected chi connectivity index (χ4v) is 5.26. The van der Waals surface area contributed by atoms with Crippen molar-refractivity contribution in [3.05, 3.63) is 22.4 Å². The molecule has 1 aromatic rings. The van der Waals surface area contributed by atoms with E-state index in [0.717, 1.165) is 51.8 Å². The van der Waals surface area contributed by atoms with Crippen LogP contribution in [0.1, 0.15) is 44.6 Å². The second-order valence-electron chi connectivity index (χ2n) is 8.17. The first kappa shape index (κ1) is 18.7. The van der Waals surface area contributed by atoms with Crippen LogP contribution in [0.5, 0.6) is 0 Å². The summed E-state index contributed by atoms with van der Waals surface area (Å²) in [5.74, 6) is 0.153. The van der Waals surface area contributed by atoms with Gasteiger partial charge in [0.25, 0.3) is 0 Å². The number of nitrogens with one attached hydrogen (secondary N) is 1. The predicted octanol–water partition coefficient (Wildman–Crippen LogP) is 2.84. The maximum absolute atomic E-state index is 12.4. The molecule has 3 heterocycles. The van der Waals surface area contributed by atoms with E-state index < -0.39 is 0 Å². The lowest BCUT2D eigenvalue weighted by atomic mass is 9.92. The van der Waals surface area contributed by atoms with Crippen molar-refractivity contribution in [3.63, 3.8) is 0 Å². The number of hydrogen-bond donors (Lipinski definition) is 1. The van der Waals surface area contributed by atoms with E-state index >= 15 is 0 Å². The topological polar surface area (TPSA) is 61.9 Å². The first-order valence-corrected chi connectivity index (χ1v) is 10.9. The van der Waals surface area contributed by atoms with Crippen molar-refractivity contribution in [2.45, 2.75) is 57.7 Å². The molecule has 148 valence electrons. The first-order valence-electron chi connectivity index (χ1n) is 10.00. The van der Waals surface area contributed by atoms with Gasteiger partial charge >= 0.3 is 6.03 Å². The van der Waals surface area contributed by atoms with Crippen LogP contribution in [0.4, 0.5) is 4.79 Å². The lowest BCUT2D eigenvalue weighted by Gasteiger charge is -2.35. The minimum Gasteiger partial charge on any atom is -0.376 e. The van der Waals surface area contributed by atoms with E-state index in [2.05, 4.69) is 22.1 Å². The van der Waals surface area contributed by atoms with Crippen molar-refractivity contribution in [3.8, 4) is 0 Å². The van der Waals surface area contributed by atoms with E-state index in [-0.39, 0.29) is 23.5 Å². The minimum absolute atomic E-state index is 0.0271. The van der Waals surface area contributed by atoms with Gasteiger partial charge in [-0.2, -0.15) is 11.3 Å². The fourth-order valence-electron chi connectivity index (χ4n) is 4.60. The summed E-state index contributed by atoms with van der Waals surface area (Å²) in [7, 11) is 0. The van der Waals surface area contributed by atoms with Gasteiger partial charge in [0.05, 0.1) is 6.10 Å². The van der Waals surface area contributed by atoms with Crippen LogP contribution in [-0.4, -0.2) is 60.1 Å². The second kappa shape index (κ2) is 7.80. The van der Waals surface area contributed by atoms with E-state index in [1.165, 1.54) is 5.56 Å². The van der Waals surface area contributed by atoms with Crippen molar-refractivity contribution in [2.75, 3.05) is 26.2 Å². The highest BCUT2D eigenvalue weighted by Crippen LogP contribution is 2.57. The zero-order chi connectivity index (χ0) is 18.9. The monoisotopic (exact) mass is 391 g/mol. The van der Waals surface area contributed by atoms with Gasteiger partial charge in [-0.25, -0.2) is 4.79 Å². The van der Waals surface area contributed by atoms with Crippen molar-refractivity contribution < 1.29 is 14.3 Å². The molecule has 2 atom stereocenters. The smallest absolute Gasteiger partial charge is 0.317 e. The van der Waals surface area contributed by atoms with Crippen LogP contribution in [-0.2, 0) is 16.1 Å². The number of amides is 3. The Kier molecular flexibility index (Phi) is 5.41. The van der Waals surface area contributed by atoms with E-state index in [1.807, 2.05) is 9.80 Å². The lowest BCUT2D eigenvalue weighted by molar-refractivity contribution is -0.130. The van der Waals surface area contributed by atoms with Gasteiger partial charge in [0, 0.05) is 45.8 Å². The van der Waals surface area contributed by atoms with E-state index in [1.54, 1.807) is 18.3 Å². The highest BCUT2D eigenvalue weighted by atomic mass is 32.1. The number of piperidine rings is 1. The number of thiophene rings is 1. The molecule has 27 heavy (non-hydrogen) atoms. The van der Waals surface area contributed by atoms with Crippen molar-refractivity contribution >= 4 is 23.3 Å². The Hall–Kier alpha value is -1.60. The average molecular weight is 392 g/mol. The summed E-state index contributed by atoms with van der Waals surface area (Å²) in [5.41, 5.74) is 1.43. The Bertz CT molecular complexity index is 664. The SMILES string of the molecule is CC(=O)N(Cc1ccsc1)[C@H]1CC12CCN(C(=O)NC[C@@H]1CCCO1)CC2.